The minimum absolute atomic E-state index is 0.000571. The van der Waals surface area contributed by atoms with E-state index in [-0.39, 0.29) is 23.5 Å². The molecule has 4 fully saturated rings. The van der Waals surface area contributed by atoms with Crippen molar-refractivity contribution in [2.45, 2.75) is 98.2 Å². The Labute approximate surface area is 194 Å². The molecule has 0 unspecified atom stereocenters. The fourth-order valence-electron chi connectivity index (χ4n) is 8.79. The third-order valence-electron chi connectivity index (χ3n) is 11.1. The van der Waals surface area contributed by atoms with Gasteiger partial charge in [-0.05, 0) is 80.5 Å². The Kier molecular flexibility index (Phi) is 5.86. The molecule has 4 nitrogen and oxygen atoms in total. The van der Waals surface area contributed by atoms with Crippen LogP contribution >= 0.6 is 0 Å². The highest BCUT2D eigenvalue weighted by Gasteiger charge is 2.79. The van der Waals surface area contributed by atoms with Gasteiger partial charge >= 0.3 is 0 Å². The number of ketones is 1. The molecule has 0 aromatic carbocycles. The normalized spacial score (nSPS) is 50.2. The summed E-state index contributed by atoms with van der Waals surface area (Å²) < 4.78 is 0. The van der Waals surface area contributed by atoms with E-state index in [1.54, 1.807) is 0 Å². The molecule has 0 radical (unpaired) electrons. The van der Waals surface area contributed by atoms with Crippen LogP contribution in [0.25, 0.3) is 0 Å². The van der Waals surface area contributed by atoms with Crippen LogP contribution in [-0.2, 0) is 9.59 Å². The van der Waals surface area contributed by atoms with Crippen LogP contribution in [0.2, 0.25) is 0 Å². The van der Waals surface area contributed by atoms with E-state index in [1.807, 2.05) is 6.92 Å². The van der Waals surface area contributed by atoms with Crippen molar-refractivity contribution in [3.05, 3.63) is 12.2 Å². The second kappa shape index (κ2) is 7.77. The Morgan fingerprint density at radius 3 is 2.31 bits per heavy atom. The third kappa shape index (κ3) is 2.94. The Hall–Kier alpha value is -1.00. The number of fused-ring (bicyclic) bond motifs is 3. The molecule has 0 aromatic rings. The van der Waals surface area contributed by atoms with Crippen molar-refractivity contribution in [1.82, 2.24) is 0 Å². The zero-order valence-electron chi connectivity index (χ0n) is 20.9. The fourth-order valence-corrected chi connectivity index (χ4v) is 8.79. The molecule has 180 valence electrons. The van der Waals surface area contributed by atoms with Crippen LogP contribution in [0, 0.1) is 51.8 Å². The van der Waals surface area contributed by atoms with Gasteiger partial charge in [-0.3, -0.25) is 4.79 Å². The summed E-state index contributed by atoms with van der Waals surface area (Å²) in [7, 11) is 0. The number of carbonyl (C=O) groups excluding carboxylic acids is 2. The molecule has 4 heteroatoms. The van der Waals surface area contributed by atoms with Crippen LogP contribution in [0.3, 0.4) is 0 Å². The zero-order chi connectivity index (χ0) is 23.7. The number of carbonyl (C=O) groups is 2. The summed E-state index contributed by atoms with van der Waals surface area (Å²) >= 11 is 0. The van der Waals surface area contributed by atoms with Crippen molar-refractivity contribution < 1.29 is 19.8 Å². The van der Waals surface area contributed by atoms with E-state index in [2.05, 4.69) is 46.8 Å². The minimum Gasteiger partial charge on any atom is -0.393 e. The third-order valence-corrected chi connectivity index (χ3v) is 11.1. The molecule has 0 bridgehead atoms. The van der Waals surface area contributed by atoms with Gasteiger partial charge in [-0.15, -0.1) is 0 Å². The van der Waals surface area contributed by atoms with E-state index in [0.717, 1.165) is 25.5 Å². The van der Waals surface area contributed by atoms with Crippen molar-refractivity contribution in [1.29, 1.82) is 0 Å². The van der Waals surface area contributed by atoms with Crippen molar-refractivity contribution in [3.63, 3.8) is 0 Å². The quantitative estimate of drug-likeness (QED) is 0.464. The van der Waals surface area contributed by atoms with E-state index in [9.17, 15) is 19.8 Å². The van der Waals surface area contributed by atoms with Crippen LogP contribution in [0.4, 0.5) is 0 Å². The number of allylic oxidation sites excluding steroid dienone is 2. The molecular weight excluding hydrogens is 400 g/mol. The number of rotatable bonds is 5. The summed E-state index contributed by atoms with van der Waals surface area (Å²) in [6.45, 7) is 13.3. The smallest absolute Gasteiger partial charge is 0.148 e. The summed E-state index contributed by atoms with van der Waals surface area (Å²) in [5.41, 5.74) is -3.13. The van der Waals surface area contributed by atoms with Gasteiger partial charge in [0.25, 0.3) is 0 Å². The largest absolute Gasteiger partial charge is 0.393 e. The second-order valence-corrected chi connectivity index (χ2v) is 12.7. The van der Waals surface area contributed by atoms with E-state index >= 15 is 0 Å². The molecule has 0 aromatic heterocycles. The average Bonchev–Trinajstić information content (AvgIpc) is 3.26. The molecule has 0 heterocycles. The molecular formula is C28H44O4. The topological polar surface area (TPSA) is 74.6 Å². The molecule has 1 spiro atoms. The number of aliphatic hydroxyl groups excluding tert-OH is 1. The minimum atomic E-state index is -1.43. The van der Waals surface area contributed by atoms with Crippen LogP contribution in [-0.4, -0.2) is 34.0 Å². The lowest BCUT2D eigenvalue weighted by Crippen LogP contribution is -2.54. The van der Waals surface area contributed by atoms with Crippen LogP contribution in [0.15, 0.2) is 12.2 Å². The maximum Gasteiger partial charge on any atom is 0.148 e. The Morgan fingerprint density at radius 1 is 1.00 bits per heavy atom. The monoisotopic (exact) mass is 444 g/mol. The number of hydrogen-bond donors (Lipinski definition) is 2. The number of Topliss-reactive ketones (excluding diaryl/α,β-unsaturated/α-hetero) is 1. The maximum atomic E-state index is 14.2. The van der Waals surface area contributed by atoms with Crippen molar-refractivity contribution >= 4 is 12.1 Å². The molecule has 4 aliphatic rings. The predicted octanol–water partition coefficient (Wildman–Crippen LogP) is 4.96. The average molecular weight is 445 g/mol. The van der Waals surface area contributed by atoms with Crippen LogP contribution < -0.4 is 0 Å². The van der Waals surface area contributed by atoms with Gasteiger partial charge in [-0.1, -0.05) is 46.8 Å². The van der Waals surface area contributed by atoms with Crippen molar-refractivity contribution in [2.75, 3.05) is 0 Å². The summed E-state index contributed by atoms with van der Waals surface area (Å²) in [4.78, 5) is 26.8. The molecule has 4 saturated carbocycles. The molecule has 0 saturated heterocycles. The van der Waals surface area contributed by atoms with E-state index in [1.165, 1.54) is 0 Å². The van der Waals surface area contributed by atoms with Crippen LogP contribution in [0.5, 0.6) is 0 Å². The van der Waals surface area contributed by atoms with Gasteiger partial charge in [0, 0.05) is 11.8 Å². The number of aliphatic hydroxyl groups is 2. The standard InChI is InChI=1S/C28H44O4/c1-17(2)18(3)7-8-19(4)21-9-10-22-25(21,5)13-14-27(22)23(16-29)28(32)15-20(30)11-12-26(28,6)24(27)31/h7-8,16-23,30,32H,9-15H2,1-6H3/t18-,19+,20-,21+,22+,23+,25+,26+,27+,28+/m0/s1. The predicted molar refractivity (Wildman–Crippen MR) is 126 cm³/mol. The van der Waals surface area contributed by atoms with Crippen LogP contribution in [0.1, 0.15) is 86.5 Å². The highest BCUT2D eigenvalue weighted by molar-refractivity contribution is 5.99. The molecule has 0 aliphatic heterocycles. The van der Waals surface area contributed by atoms with Gasteiger partial charge < -0.3 is 15.0 Å². The Morgan fingerprint density at radius 2 is 1.69 bits per heavy atom. The first kappa shape index (κ1) is 24.1. The van der Waals surface area contributed by atoms with Gasteiger partial charge in [0.15, 0.2) is 0 Å². The molecule has 2 N–H and O–H groups in total. The first-order chi connectivity index (χ1) is 14.9. The molecule has 4 rings (SSSR count). The number of aldehydes is 1. The highest BCUT2D eigenvalue weighted by Crippen LogP contribution is 2.75. The van der Waals surface area contributed by atoms with Gasteiger partial charge in [-0.25, -0.2) is 0 Å². The fraction of sp³-hybridized carbons (Fsp3) is 0.857. The lowest BCUT2D eigenvalue weighted by atomic mass is 9.61. The molecule has 0 amide bonds. The van der Waals surface area contributed by atoms with E-state index < -0.39 is 28.5 Å². The van der Waals surface area contributed by atoms with Gasteiger partial charge in [0.1, 0.15) is 12.1 Å². The Balaban J connectivity index is 1.69. The number of hydrogen-bond acceptors (Lipinski definition) is 4. The Bertz CT molecular complexity index is 803. The summed E-state index contributed by atoms with van der Waals surface area (Å²) in [6.07, 6.45) is 9.75. The molecule has 10 atom stereocenters. The second-order valence-electron chi connectivity index (χ2n) is 12.7. The molecule has 4 aliphatic carbocycles. The lowest BCUT2D eigenvalue weighted by molar-refractivity contribution is -0.158. The summed E-state index contributed by atoms with van der Waals surface area (Å²) in [5.74, 6) is 1.60. The first-order valence-electron chi connectivity index (χ1n) is 13.0. The van der Waals surface area contributed by atoms with Crippen molar-refractivity contribution in [2.24, 2.45) is 51.8 Å². The highest BCUT2D eigenvalue weighted by atomic mass is 16.3. The van der Waals surface area contributed by atoms with E-state index in [4.69, 9.17) is 0 Å². The lowest BCUT2D eigenvalue weighted by Gasteiger charge is -2.46. The summed E-state index contributed by atoms with van der Waals surface area (Å²) in [5, 5.41) is 22.2. The van der Waals surface area contributed by atoms with Crippen molar-refractivity contribution in [3.8, 4) is 0 Å². The SMILES string of the molecule is CC(C)[C@@H](C)C=C[C@@H](C)[C@H]1CC[C@@H]2[C@]1(C)CC[C@@]21C(=O)[C@@]2(C)CC[C@H](O)C[C@@]2(O)[C@@H]1C=O. The van der Waals surface area contributed by atoms with Gasteiger partial charge in [-0.2, -0.15) is 0 Å². The molecule has 32 heavy (non-hydrogen) atoms. The van der Waals surface area contributed by atoms with Gasteiger partial charge in [0.05, 0.1) is 23.0 Å². The van der Waals surface area contributed by atoms with Gasteiger partial charge in [0.2, 0.25) is 0 Å². The van der Waals surface area contributed by atoms with E-state index in [0.29, 0.717) is 42.9 Å². The first-order valence-corrected chi connectivity index (χ1v) is 13.0. The zero-order valence-corrected chi connectivity index (χ0v) is 20.9. The maximum absolute atomic E-state index is 14.2. The summed E-state index contributed by atoms with van der Waals surface area (Å²) in [6, 6.07) is 0.